The molecule has 116 valence electrons. The summed E-state index contributed by atoms with van der Waals surface area (Å²) in [5, 5.41) is 13.9. The molecule has 0 aromatic heterocycles. The van der Waals surface area contributed by atoms with Gasteiger partial charge in [0.1, 0.15) is 5.69 Å². The average molecular weight is 323 g/mol. The van der Waals surface area contributed by atoms with Crippen LogP contribution in [0, 0.1) is 16.0 Å². The van der Waals surface area contributed by atoms with Gasteiger partial charge in [-0.05, 0) is 25.0 Å². The molecule has 1 aliphatic carbocycles. The first-order valence-electron chi connectivity index (χ1n) is 6.56. The molecule has 0 heterocycles. The highest BCUT2D eigenvalue weighted by molar-refractivity contribution is 6.31. The van der Waals surface area contributed by atoms with Gasteiger partial charge in [-0.1, -0.05) is 24.4 Å². The van der Waals surface area contributed by atoms with E-state index in [1.54, 1.807) is 0 Å². The number of nitrogens with zero attached hydrogens (tertiary/aromatic N) is 1. The molecule has 0 saturated heterocycles. The summed E-state index contributed by atoms with van der Waals surface area (Å²) in [6.45, 7) is 0. The Bertz CT molecular complexity index is 537. The SMILES string of the molecule is O=[N+]([O-])c1ccc(Cl)cc1NC1CCCCC1C(F)(F)F. The van der Waals surface area contributed by atoms with Crippen LogP contribution in [0.1, 0.15) is 25.7 Å². The minimum Gasteiger partial charge on any atom is -0.376 e. The Balaban J connectivity index is 2.27. The fourth-order valence-electron chi connectivity index (χ4n) is 2.68. The van der Waals surface area contributed by atoms with Crippen molar-refractivity contribution in [1.82, 2.24) is 0 Å². The number of anilines is 1. The first-order chi connectivity index (χ1) is 9.79. The largest absolute Gasteiger partial charge is 0.393 e. The van der Waals surface area contributed by atoms with E-state index in [2.05, 4.69) is 5.32 Å². The maximum absolute atomic E-state index is 13.0. The number of nitrogens with one attached hydrogen (secondary N) is 1. The van der Waals surface area contributed by atoms with Gasteiger partial charge in [-0.15, -0.1) is 0 Å². The minimum atomic E-state index is -4.31. The van der Waals surface area contributed by atoms with Crippen LogP contribution in [0.3, 0.4) is 0 Å². The summed E-state index contributed by atoms with van der Waals surface area (Å²) in [4.78, 5) is 10.3. The summed E-state index contributed by atoms with van der Waals surface area (Å²) < 4.78 is 39.1. The van der Waals surface area contributed by atoms with Crippen molar-refractivity contribution in [3.8, 4) is 0 Å². The van der Waals surface area contributed by atoms with Gasteiger partial charge >= 0.3 is 6.18 Å². The van der Waals surface area contributed by atoms with E-state index >= 15 is 0 Å². The van der Waals surface area contributed by atoms with Crippen molar-refractivity contribution >= 4 is 23.0 Å². The van der Waals surface area contributed by atoms with Gasteiger partial charge in [0.15, 0.2) is 0 Å². The molecular formula is C13H14ClF3N2O2. The monoisotopic (exact) mass is 322 g/mol. The zero-order valence-corrected chi connectivity index (χ0v) is 11.7. The van der Waals surface area contributed by atoms with Crippen molar-refractivity contribution in [3.63, 3.8) is 0 Å². The van der Waals surface area contributed by atoms with Gasteiger partial charge in [-0.3, -0.25) is 10.1 Å². The molecule has 2 atom stereocenters. The quantitative estimate of drug-likeness (QED) is 0.643. The molecule has 0 radical (unpaired) electrons. The standard InChI is InChI=1S/C13H14ClF3N2O2/c14-8-5-6-12(19(20)21)11(7-8)18-10-4-2-1-3-9(10)13(15,16)17/h5-7,9-10,18H,1-4H2. The predicted octanol–water partition coefficient (Wildman–Crippen LogP) is 4.78. The van der Waals surface area contributed by atoms with E-state index in [1.165, 1.54) is 18.2 Å². The Morgan fingerprint density at radius 2 is 1.95 bits per heavy atom. The lowest BCUT2D eigenvalue weighted by Crippen LogP contribution is -2.41. The van der Waals surface area contributed by atoms with Crippen LogP contribution >= 0.6 is 11.6 Å². The van der Waals surface area contributed by atoms with E-state index in [9.17, 15) is 23.3 Å². The fraction of sp³-hybridized carbons (Fsp3) is 0.538. The van der Waals surface area contributed by atoms with Crippen LogP contribution in [0.4, 0.5) is 24.5 Å². The maximum Gasteiger partial charge on any atom is 0.393 e. The average Bonchev–Trinajstić information content (AvgIpc) is 2.37. The highest BCUT2D eigenvalue weighted by atomic mass is 35.5. The van der Waals surface area contributed by atoms with Crippen LogP contribution in [0.15, 0.2) is 18.2 Å². The van der Waals surface area contributed by atoms with Gasteiger partial charge in [0.2, 0.25) is 0 Å². The molecule has 0 spiro atoms. The van der Waals surface area contributed by atoms with Gasteiger partial charge in [-0.2, -0.15) is 13.2 Å². The van der Waals surface area contributed by atoms with Gasteiger partial charge in [0.25, 0.3) is 5.69 Å². The second-order valence-corrected chi connectivity index (χ2v) is 5.54. The third-order valence-electron chi connectivity index (χ3n) is 3.68. The molecule has 1 saturated carbocycles. The molecule has 2 rings (SSSR count). The smallest absolute Gasteiger partial charge is 0.376 e. The Morgan fingerprint density at radius 3 is 2.57 bits per heavy atom. The number of nitro benzene ring substituents is 1. The maximum atomic E-state index is 13.0. The molecule has 1 aliphatic rings. The first-order valence-corrected chi connectivity index (χ1v) is 6.94. The van der Waals surface area contributed by atoms with Crippen molar-refractivity contribution in [1.29, 1.82) is 0 Å². The van der Waals surface area contributed by atoms with Crippen molar-refractivity contribution in [2.45, 2.75) is 37.9 Å². The lowest BCUT2D eigenvalue weighted by Gasteiger charge is -2.34. The number of halogens is 4. The molecule has 21 heavy (non-hydrogen) atoms. The molecule has 0 aliphatic heterocycles. The Morgan fingerprint density at radius 1 is 1.29 bits per heavy atom. The third-order valence-corrected chi connectivity index (χ3v) is 3.92. The van der Waals surface area contributed by atoms with E-state index in [0.717, 1.165) is 0 Å². The molecule has 1 fully saturated rings. The normalized spacial score (nSPS) is 22.9. The summed E-state index contributed by atoms with van der Waals surface area (Å²) in [6.07, 6.45) is -2.77. The van der Waals surface area contributed by atoms with Crippen LogP contribution in [0.25, 0.3) is 0 Å². The van der Waals surface area contributed by atoms with Gasteiger partial charge in [0.05, 0.1) is 10.8 Å². The van der Waals surface area contributed by atoms with Crippen LogP contribution in [0.5, 0.6) is 0 Å². The van der Waals surface area contributed by atoms with Crippen molar-refractivity contribution in [2.24, 2.45) is 5.92 Å². The number of alkyl halides is 3. The summed E-state index contributed by atoms with van der Waals surface area (Å²) in [5.74, 6) is -1.50. The third kappa shape index (κ3) is 3.78. The summed E-state index contributed by atoms with van der Waals surface area (Å²) >= 11 is 5.78. The topological polar surface area (TPSA) is 55.2 Å². The van der Waals surface area contributed by atoms with E-state index in [-0.39, 0.29) is 22.8 Å². The van der Waals surface area contributed by atoms with E-state index in [1.807, 2.05) is 0 Å². The van der Waals surface area contributed by atoms with Crippen LogP contribution < -0.4 is 5.32 Å². The zero-order valence-electron chi connectivity index (χ0n) is 11.0. The molecule has 1 aromatic rings. The van der Waals surface area contributed by atoms with E-state index in [0.29, 0.717) is 19.3 Å². The summed E-state index contributed by atoms with van der Waals surface area (Å²) in [7, 11) is 0. The van der Waals surface area contributed by atoms with Gasteiger partial charge in [0, 0.05) is 17.1 Å². The molecule has 0 amide bonds. The van der Waals surface area contributed by atoms with Crippen LogP contribution in [-0.4, -0.2) is 17.1 Å². The number of nitro groups is 1. The van der Waals surface area contributed by atoms with Crippen molar-refractivity contribution < 1.29 is 18.1 Å². The first kappa shape index (κ1) is 15.9. The molecule has 1 aromatic carbocycles. The molecule has 1 N–H and O–H groups in total. The highest BCUT2D eigenvalue weighted by Gasteiger charge is 2.45. The van der Waals surface area contributed by atoms with Gasteiger partial charge in [-0.25, -0.2) is 0 Å². The lowest BCUT2D eigenvalue weighted by molar-refractivity contribution is -0.384. The molecule has 4 nitrogen and oxygen atoms in total. The summed E-state index contributed by atoms with van der Waals surface area (Å²) in [5.41, 5.74) is -0.237. The minimum absolute atomic E-state index is 0.0358. The molecular weight excluding hydrogens is 309 g/mol. The van der Waals surface area contributed by atoms with E-state index < -0.39 is 23.1 Å². The Kier molecular flexibility index (Phi) is 4.61. The number of hydrogen-bond acceptors (Lipinski definition) is 3. The summed E-state index contributed by atoms with van der Waals surface area (Å²) in [6, 6.07) is 2.96. The van der Waals surface area contributed by atoms with E-state index in [4.69, 9.17) is 11.6 Å². The lowest BCUT2D eigenvalue weighted by atomic mass is 9.84. The predicted molar refractivity (Wildman–Crippen MR) is 73.5 cm³/mol. The second kappa shape index (κ2) is 6.09. The Hall–Kier alpha value is -1.50. The Labute approximate surface area is 124 Å². The number of benzene rings is 1. The van der Waals surface area contributed by atoms with Crippen LogP contribution in [-0.2, 0) is 0 Å². The van der Waals surface area contributed by atoms with Gasteiger partial charge < -0.3 is 5.32 Å². The van der Waals surface area contributed by atoms with Crippen LogP contribution in [0.2, 0.25) is 5.02 Å². The number of hydrogen-bond donors (Lipinski definition) is 1. The van der Waals surface area contributed by atoms with Crippen molar-refractivity contribution in [2.75, 3.05) is 5.32 Å². The number of rotatable bonds is 3. The molecule has 2 unspecified atom stereocenters. The zero-order chi connectivity index (χ0) is 15.6. The van der Waals surface area contributed by atoms with Crippen molar-refractivity contribution in [3.05, 3.63) is 33.3 Å². The molecule has 0 bridgehead atoms. The molecule has 8 heteroatoms. The second-order valence-electron chi connectivity index (χ2n) is 5.10. The fourth-order valence-corrected chi connectivity index (χ4v) is 2.85. The highest BCUT2D eigenvalue weighted by Crippen LogP contribution is 2.40.